The second-order valence-electron chi connectivity index (χ2n) is 8.38. The van der Waals surface area contributed by atoms with Gasteiger partial charge in [-0.25, -0.2) is 9.78 Å². The van der Waals surface area contributed by atoms with Crippen molar-refractivity contribution in [2.24, 2.45) is 5.92 Å². The molecule has 0 spiro atoms. The first-order valence-corrected chi connectivity index (χ1v) is 11.3. The fourth-order valence-electron chi connectivity index (χ4n) is 4.61. The van der Waals surface area contributed by atoms with Gasteiger partial charge in [-0.2, -0.15) is 0 Å². The monoisotopic (exact) mass is 459 g/mol. The number of hydrogen-bond donors (Lipinski definition) is 1. The molecule has 0 saturated carbocycles. The molecule has 0 bridgehead atoms. The van der Waals surface area contributed by atoms with E-state index in [4.69, 9.17) is 9.40 Å². The zero-order valence-electron chi connectivity index (χ0n) is 18.3. The van der Waals surface area contributed by atoms with Gasteiger partial charge < -0.3 is 9.52 Å². The Bertz CT molecular complexity index is 1240. The molecular weight excluding hydrogens is 433 g/mol. The van der Waals surface area contributed by atoms with Crippen molar-refractivity contribution in [2.45, 2.75) is 25.7 Å². The predicted molar refractivity (Wildman–Crippen MR) is 137 cm³/mol. The van der Waals surface area contributed by atoms with Crippen molar-refractivity contribution < 1.29 is 14.3 Å². The van der Waals surface area contributed by atoms with Gasteiger partial charge in [0.1, 0.15) is 5.69 Å². The molecule has 1 aromatic heterocycles. The first kappa shape index (κ1) is 24.2. The second kappa shape index (κ2) is 11.0. The van der Waals surface area contributed by atoms with Crippen LogP contribution in [-0.2, 0) is 6.42 Å². The maximum atomic E-state index is 11.7. The minimum absolute atomic E-state index is 0. The van der Waals surface area contributed by atoms with E-state index in [0.717, 1.165) is 53.0 Å². The average molecular weight is 460 g/mol. The number of aromatic carboxylic acids is 1. The van der Waals surface area contributed by atoms with Gasteiger partial charge >= 0.3 is 35.5 Å². The average Bonchev–Trinajstić information content (AvgIpc) is 3.31. The van der Waals surface area contributed by atoms with Crippen LogP contribution in [0.2, 0.25) is 0 Å². The molecule has 1 unspecified atom stereocenters. The van der Waals surface area contributed by atoms with Crippen molar-refractivity contribution in [2.75, 3.05) is 0 Å². The summed E-state index contributed by atoms with van der Waals surface area (Å²) >= 11 is 0. The Hall–Kier alpha value is -2.92. The van der Waals surface area contributed by atoms with Crippen LogP contribution < -0.4 is 0 Å². The van der Waals surface area contributed by atoms with E-state index in [9.17, 15) is 9.90 Å². The van der Waals surface area contributed by atoms with Crippen LogP contribution in [0.15, 0.2) is 95.4 Å². The Balaban J connectivity index is 0.00000274. The molecule has 0 amide bonds. The number of carboxylic acids is 1. The van der Waals surface area contributed by atoms with Gasteiger partial charge in [-0.05, 0) is 43.2 Å². The third-order valence-electron chi connectivity index (χ3n) is 6.23. The quantitative estimate of drug-likeness (QED) is 0.335. The molecule has 0 saturated heterocycles. The Morgan fingerprint density at radius 3 is 2.26 bits per heavy atom. The molecule has 4 aromatic rings. The summed E-state index contributed by atoms with van der Waals surface area (Å²) in [5.41, 5.74) is 5.11. The van der Waals surface area contributed by atoms with Gasteiger partial charge in [0, 0.05) is 16.7 Å². The molecule has 1 atom stereocenters. The molecule has 1 aliphatic carbocycles. The molecule has 0 fully saturated rings. The van der Waals surface area contributed by atoms with Gasteiger partial charge in [0.05, 0.1) is 5.56 Å². The van der Waals surface area contributed by atoms with E-state index in [1.54, 1.807) is 12.1 Å². The zero-order chi connectivity index (χ0) is 22.6. The van der Waals surface area contributed by atoms with Crippen LogP contribution in [0.25, 0.3) is 28.2 Å². The Morgan fingerprint density at radius 1 is 0.912 bits per heavy atom. The van der Waals surface area contributed by atoms with Crippen molar-refractivity contribution in [1.82, 2.24) is 4.98 Å². The van der Waals surface area contributed by atoms with Crippen LogP contribution in [0.4, 0.5) is 0 Å². The molecule has 1 N–H and O–H groups in total. The summed E-state index contributed by atoms with van der Waals surface area (Å²) in [4.78, 5) is 16.7. The molecule has 4 nitrogen and oxygen atoms in total. The van der Waals surface area contributed by atoms with Gasteiger partial charge in [-0.15, -0.1) is 0 Å². The number of oxazole rings is 1. The van der Waals surface area contributed by atoms with E-state index in [1.165, 1.54) is 0 Å². The van der Waals surface area contributed by atoms with E-state index in [0.29, 0.717) is 17.9 Å². The molecule has 1 aliphatic rings. The van der Waals surface area contributed by atoms with Crippen molar-refractivity contribution in [1.29, 1.82) is 0 Å². The standard InChI is InChI=1S/C29H25NO3.Na.H/c31-29(32)25-18-10-8-16-23(25)19-22-15-7-9-17-24(22)28-30-26(20-11-3-1-4-12-20)27(33-28)21-13-5-2-6-14-21;;/h1-6,8,10-14,16-18,22H,7,9,15,19H2,(H,31,32);;. The van der Waals surface area contributed by atoms with Crippen LogP contribution in [0, 0.1) is 5.92 Å². The summed E-state index contributed by atoms with van der Waals surface area (Å²) in [6.07, 6.45) is 5.88. The zero-order valence-corrected chi connectivity index (χ0v) is 18.3. The van der Waals surface area contributed by atoms with Crippen LogP contribution in [0.3, 0.4) is 0 Å². The topological polar surface area (TPSA) is 63.3 Å². The molecule has 5 rings (SSSR count). The third kappa shape index (κ3) is 5.10. The fraction of sp³-hybridized carbons (Fsp3) is 0.172. The normalized spacial score (nSPS) is 15.3. The third-order valence-corrected chi connectivity index (χ3v) is 6.23. The van der Waals surface area contributed by atoms with Crippen LogP contribution in [0.1, 0.15) is 41.1 Å². The summed E-state index contributed by atoms with van der Waals surface area (Å²) in [6.45, 7) is 0. The van der Waals surface area contributed by atoms with Crippen LogP contribution in [0.5, 0.6) is 0 Å². The second-order valence-corrected chi connectivity index (χ2v) is 8.38. The van der Waals surface area contributed by atoms with E-state index in [1.807, 2.05) is 72.8 Å². The summed E-state index contributed by atoms with van der Waals surface area (Å²) in [7, 11) is 0. The Morgan fingerprint density at radius 2 is 1.56 bits per heavy atom. The van der Waals surface area contributed by atoms with E-state index in [2.05, 4.69) is 6.08 Å². The number of allylic oxidation sites excluding steroid dienone is 2. The van der Waals surface area contributed by atoms with Gasteiger partial charge in [-0.1, -0.05) is 84.9 Å². The number of benzene rings is 3. The molecule has 0 radical (unpaired) electrons. The molecule has 5 heteroatoms. The van der Waals surface area contributed by atoms with Crippen LogP contribution >= 0.6 is 0 Å². The van der Waals surface area contributed by atoms with Gasteiger partial charge in [0.25, 0.3) is 0 Å². The van der Waals surface area contributed by atoms with Gasteiger partial charge in [0.15, 0.2) is 5.76 Å². The summed E-state index contributed by atoms with van der Waals surface area (Å²) in [5, 5.41) is 9.62. The number of carboxylic acid groups (broad SMARTS) is 1. The fourth-order valence-corrected chi connectivity index (χ4v) is 4.61. The van der Waals surface area contributed by atoms with Crippen LogP contribution in [-0.4, -0.2) is 45.6 Å². The van der Waals surface area contributed by atoms with E-state index in [-0.39, 0.29) is 35.5 Å². The number of nitrogens with zero attached hydrogens (tertiary/aromatic N) is 1. The number of hydrogen-bond acceptors (Lipinski definition) is 3. The number of carbonyl (C=O) groups is 1. The predicted octanol–water partition coefficient (Wildman–Crippen LogP) is 6.48. The van der Waals surface area contributed by atoms with Crippen molar-refractivity contribution in [3.8, 4) is 22.6 Å². The van der Waals surface area contributed by atoms with Crippen molar-refractivity contribution >= 4 is 41.1 Å². The number of rotatable bonds is 6. The SMILES string of the molecule is O=C(O)c1ccccc1CC1CCCC=C1c1nc(-c2ccccc2)c(-c2ccccc2)o1.[NaH]. The summed E-state index contributed by atoms with van der Waals surface area (Å²) in [6, 6.07) is 27.4. The molecule has 166 valence electrons. The molecule has 1 heterocycles. The molecule has 3 aromatic carbocycles. The van der Waals surface area contributed by atoms with Gasteiger partial charge in [-0.3, -0.25) is 0 Å². The Labute approximate surface area is 221 Å². The first-order chi connectivity index (χ1) is 16.2. The summed E-state index contributed by atoms with van der Waals surface area (Å²) in [5.74, 6) is 0.657. The van der Waals surface area contributed by atoms with Crippen molar-refractivity contribution in [3.63, 3.8) is 0 Å². The molecule has 34 heavy (non-hydrogen) atoms. The first-order valence-electron chi connectivity index (χ1n) is 11.3. The van der Waals surface area contributed by atoms with Crippen molar-refractivity contribution in [3.05, 3.63) is 108 Å². The van der Waals surface area contributed by atoms with E-state index >= 15 is 0 Å². The van der Waals surface area contributed by atoms with Gasteiger partial charge in [0.2, 0.25) is 5.89 Å². The maximum absolute atomic E-state index is 11.7. The molecule has 0 aliphatic heterocycles. The van der Waals surface area contributed by atoms with E-state index < -0.39 is 5.97 Å². The Kier molecular flexibility index (Phi) is 7.84. The number of aromatic nitrogens is 1. The summed E-state index contributed by atoms with van der Waals surface area (Å²) < 4.78 is 6.44. The molecular formula is C29H26NNaO3. The minimum atomic E-state index is -0.888.